The van der Waals surface area contributed by atoms with Gasteiger partial charge in [0.1, 0.15) is 17.5 Å². The number of hydrogen-bond donors (Lipinski definition) is 6. The van der Waals surface area contributed by atoms with Crippen LogP contribution in [0, 0.1) is 5.92 Å². The molecule has 0 fully saturated rings. The number of carbonyl (C=O) groups is 4. The third-order valence-corrected chi connectivity index (χ3v) is 9.85. The molecule has 0 spiro atoms. The molecule has 0 bridgehead atoms. The number of unbranched alkanes of at least 4 members (excludes halogenated alkanes) is 1. The molecule has 19 heteroatoms. The lowest BCUT2D eigenvalue weighted by Gasteiger charge is -2.24. The topological polar surface area (TPSA) is 237 Å². The summed E-state index contributed by atoms with van der Waals surface area (Å²) in [4.78, 5) is 79.0. The number of hydrogen-bond acceptors (Lipinski definition) is 10. The Hall–Kier alpha value is -4.69. The zero-order chi connectivity index (χ0) is 38.3. The summed E-state index contributed by atoms with van der Waals surface area (Å²) in [5.41, 5.74) is -0.561. The Kier molecular flexibility index (Phi) is 16.4. The molecule has 277 valence electrons. The monoisotopic (exact) mass is 755 g/mol. The van der Waals surface area contributed by atoms with Crippen molar-refractivity contribution in [3.8, 4) is 11.5 Å². The van der Waals surface area contributed by atoms with Crippen molar-refractivity contribution in [3.05, 3.63) is 78.4 Å². The minimum atomic E-state index is -4.78. The summed E-state index contributed by atoms with van der Waals surface area (Å²) in [7, 11) is -2.79. The highest BCUT2D eigenvalue weighted by Gasteiger charge is 2.31. The Morgan fingerprint density at radius 1 is 1.00 bits per heavy atom. The minimum absolute atomic E-state index is 0.0193. The highest BCUT2D eigenvalue weighted by Crippen LogP contribution is 2.44. The third kappa shape index (κ3) is 13.8. The summed E-state index contributed by atoms with van der Waals surface area (Å²) in [5, 5.41) is 18.2. The largest absolute Gasteiger partial charge is 0.558 e. The number of anilines is 1. The second-order valence-corrected chi connectivity index (χ2v) is 15.1. The SMILES string of the molecule is CC(C)C[C@H]([B]Oc1cc(N(C)C(=O)CCCCC(=O)NC(P=O)P(=O)(O)O)ccc1O)NC(=O)[C@@H](Cc1ccccc1)NC(=O)c1cnccn1. The smallest absolute Gasteiger partial charge is 0.394 e. The van der Waals surface area contributed by atoms with Crippen molar-refractivity contribution in [1.82, 2.24) is 25.9 Å². The van der Waals surface area contributed by atoms with Gasteiger partial charge in [-0.25, -0.2) is 4.98 Å². The number of aromatic hydroxyl groups is 1. The van der Waals surface area contributed by atoms with Gasteiger partial charge in [0, 0.05) is 56.4 Å². The molecule has 1 aromatic heterocycles. The van der Waals surface area contributed by atoms with Gasteiger partial charge in [-0.2, -0.15) is 0 Å². The molecule has 52 heavy (non-hydrogen) atoms. The Bertz CT molecular complexity index is 1720. The average Bonchev–Trinajstić information content (AvgIpc) is 3.11. The molecular formula is C33H42BN6O10P2. The molecular weight excluding hydrogens is 713 g/mol. The van der Waals surface area contributed by atoms with Gasteiger partial charge in [0.05, 0.1) is 6.20 Å². The maximum Gasteiger partial charge on any atom is 0.394 e. The summed E-state index contributed by atoms with van der Waals surface area (Å²) in [6.45, 7) is 3.92. The van der Waals surface area contributed by atoms with Crippen LogP contribution in [0.1, 0.15) is 62.0 Å². The van der Waals surface area contributed by atoms with Crippen molar-refractivity contribution < 1.29 is 47.9 Å². The van der Waals surface area contributed by atoms with Gasteiger partial charge in [-0.3, -0.25) is 33.3 Å². The van der Waals surface area contributed by atoms with E-state index in [0.29, 0.717) is 12.1 Å². The molecule has 0 aliphatic carbocycles. The van der Waals surface area contributed by atoms with Crippen LogP contribution in [-0.4, -0.2) is 80.5 Å². The fourth-order valence-corrected chi connectivity index (χ4v) is 5.87. The number of phenolic OH excluding ortho intramolecular Hbond substituents is 1. The molecule has 6 N–H and O–H groups in total. The van der Waals surface area contributed by atoms with Crippen molar-refractivity contribution in [2.24, 2.45) is 5.92 Å². The van der Waals surface area contributed by atoms with Gasteiger partial charge >= 0.3 is 15.1 Å². The van der Waals surface area contributed by atoms with Crippen molar-refractivity contribution in [2.75, 3.05) is 11.9 Å². The first-order valence-electron chi connectivity index (χ1n) is 16.4. The van der Waals surface area contributed by atoms with Crippen LogP contribution in [0.2, 0.25) is 0 Å². The summed E-state index contributed by atoms with van der Waals surface area (Å²) in [6, 6.07) is 12.5. The second-order valence-electron chi connectivity index (χ2n) is 12.3. The first-order valence-corrected chi connectivity index (χ1v) is 18.9. The van der Waals surface area contributed by atoms with Crippen LogP contribution >= 0.6 is 16.1 Å². The molecule has 1 heterocycles. The van der Waals surface area contributed by atoms with Crippen molar-refractivity contribution in [1.29, 1.82) is 0 Å². The lowest BCUT2D eigenvalue weighted by molar-refractivity contribution is -0.123. The van der Waals surface area contributed by atoms with Gasteiger partial charge in [0.25, 0.3) is 5.91 Å². The molecule has 3 aromatic rings. The summed E-state index contributed by atoms with van der Waals surface area (Å²) >= 11 is 0. The van der Waals surface area contributed by atoms with Crippen molar-refractivity contribution in [3.63, 3.8) is 0 Å². The molecule has 1 unspecified atom stereocenters. The van der Waals surface area contributed by atoms with E-state index >= 15 is 0 Å². The fourth-order valence-electron chi connectivity index (χ4n) is 4.87. The number of benzene rings is 2. The molecule has 0 aliphatic heterocycles. The zero-order valence-electron chi connectivity index (χ0n) is 28.9. The number of phenols is 1. The van der Waals surface area contributed by atoms with Crippen LogP contribution in [0.3, 0.4) is 0 Å². The van der Waals surface area contributed by atoms with Crippen molar-refractivity contribution >= 4 is 52.9 Å². The molecule has 3 rings (SSSR count). The first-order chi connectivity index (χ1) is 24.7. The maximum absolute atomic E-state index is 13.7. The summed E-state index contributed by atoms with van der Waals surface area (Å²) in [5.74, 6) is -2.80. The molecule has 0 saturated carbocycles. The normalized spacial score (nSPS) is 13.0. The van der Waals surface area contributed by atoms with E-state index in [1.54, 1.807) is 0 Å². The van der Waals surface area contributed by atoms with Crippen LogP contribution < -0.4 is 25.5 Å². The van der Waals surface area contributed by atoms with Crippen LogP contribution in [0.5, 0.6) is 11.5 Å². The van der Waals surface area contributed by atoms with Gasteiger partial charge in [-0.15, -0.1) is 0 Å². The predicted molar refractivity (Wildman–Crippen MR) is 193 cm³/mol. The molecule has 3 atom stereocenters. The summed E-state index contributed by atoms with van der Waals surface area (Å²) in [6.07, 6.45) is 5.18. The van der Waals surface area contributed by atoms with E-state index in [1.807, 2.05) is 49.5 Å². The van der Waals surface area contributed by atoms with E-state index in [1.165, 1.54) is 56.2 Å². The highest BCUT2D eigenvalue weighted by atomic mass is 31.2. The van der Waals surface area contributed by atoms with Gasteiger partial charge in [0.15, 0.2) is 14.2 Å². The Morgan fingerprint density at radius 3 is 2.35 bits per heavy atom. The van der Waals surface area contributed by atoms with E-state index in [9.17, 15) is 33.4 Å². The molecule has 4 amide bonds. The Labute approximate surface area is 303 Å². The maximum atomic E-state index is 13.7. The van der Waals surface area contributed by atoms with Crippen LogP contribution in [0.4, 0.5) is 5.69 Å². The molecule has 16 nitrogen and oxygen atoms in total. The van der Waals surface area contributed by atoms with Crippen LogP contribution in [0.25, 0.3) is 0 Å². The van der Waals surface area contributed by atoms with E-state index < -0.39 is 51.3 Å². The summed E-state index contributed by atoms with van der Waals surface area (Å²) < 4.78 is 28.1. The third-order valence-electron chi connectivity index (χ3n) is 7.57. The van der Waals surface area contributed by atoms with E-state index in [-0.39, 0.29) is 61.1 Å². The number of aromatic nitrogens is 2. The Morgan fingerprint density at radius 2 is 1.71 bits per heavy atom. The minimum Gasteiger partial charge on any atom is -0.558 e. The lowest BCUT2D eigenvalue weighted by Crippen LogP contribution is -2.53. The van der Waals surface area contributed by atoms with Crippen molar-refractivity contribution in [2.45, 2.75) is 69.9 Å². The van der Waals surface area contributed by atoms with Crippen LogP contribution in [-0.2, 0) is 29.9 Å². The quantitative estimate of drug-likeness (QED) is 0.0555. The van der Waals surface area contributed by atoms with E-state index in [0.717, 1.165) is 5.56 Å². The van der Waals surface area contributed by atoms with Gasteiger partial charge < -0.3 is 40.4 Å². The van der Waals surface area contributed by atoms with Gasteiger partial charge in [-0.05, 0) is 42.9 Å². The van der Waals surface area contributed by atoms with Gasteiger partial charge in [0.2, 0.25) is 23.2 Å². The number of nitrogens with one attached hydrogen (secondary N) is 3. The predicted octanol–water partition coefficient (Wildman–Crippen LogP) is 3.10. The number of nitrogens with zero attached hydrogens (tertiary/aromatic N) is 3. The number of carbonyl (C=O) groups excluding carboxylic acids is 4. The standard InChI is InChI=1S/C33H42BN6O10P2/c1-21(2)17-28(38-31(44)24(18-22-9-5-4-6-10-22)37-32(45)25-20-35-15-16-36-25)34-50-27-19-23(13-14-26(27)41)40(3)30(43)12-8-7-11-29(42)39-33(51-46)52(47,48)49/h4-6,9-10,13-16,19-21,24,28,33,41H,7-8,11-12,17-18H2,1-3H3,(H,37,45)(H,38,44)(H,39,42)(H2,47,48,49)/t24-,28-,33?/m1/s1. The molecule has 1 radical (unpaired) electrons. The van der Waals surface area contributed by atoms with Gasteiger partial charge in [-0.1, -0.05) is 44.2 Å². The molecule has 0 saturated heterocycles. The first kappa shape index (κ1) is 41.7. The molecule has 2 aromatic carbocycles. The lowest BCUT2D eigenvalue weighted by atomic mass is 9.81. The zero-order valence-corrected chi connectivity index (χ0v) is 30.7. The van der Waals surface area contributed by atoms with Crippen LogP contribution in [0.15, 0.2) is 67.1 Å². The van der Waals surface area contributed by atoms with E-state index in [4.69, 9.17) is 14.4 Å². The number of rotatable bonds is 20. The fraction of sp³-hybridized carbons (Fsp3) is 0.394. The highest BCUT2D eigenvalue weighted by molar-refractivity contribution is 7.61. The Balaban J connectivity index is 1.63. The average molecular weight is 755 g/mol. The molecule has 0 aliphatic rings. The van der Waals surface area contributed by atoms with E-state index in [2.05, 4.69) is 20.6 Å². The number of amides is 4. The second kappa shape index (κ2) is 20.4.